The Bertz CT molecular complexity index is 519. The first-order valence-corrected chi connectivity index (χ1v) is 4.89. The Kier molecular flexibility index (Phi) is 2.70. The zero-order valence-electron chi connectivity index (χ0n) is 9.01. The number of carbonyl (C=O) groups excluding carboxylic acids is 3. The summed E-state index contributed by atoms with van der Waals surface area (Å²) >= 11 is 0. The lowest BCUT2D eigenvalue weighted by molar-refractivity contribution is -0.120. The van der Waals surface area contributed by atoms with E-state index >= 15 is 0 Å². The van der Waals surface area contributed by atoms with Crippen molar-refractivity contribution < 1.29 is 14.4 Å². The van der Waals surface area contributed by atoms with Crippen molar-refractivity contribution >= 4 is 29.4 Å². The number of hydrogen-bond donors (Lipinski definition) is 1. The third-order valence-electron chi connectivity index (χ3n) is 2.08. The molecule has 17 heavy (non-hydrogen) atoms. The molecule has 6 nitrogen and oxygen atoms in total. The van der Waals surface area contributed by atoms with Crippen LogP contribution in [0.2, 0.25) is 0 Å². The molecule has 2 rings (SSSR count). The molecule has 1 aromatic heterocycles. The first kappa shape index (κ1) is 11.0. The summed E-state index contributed by atoms with van der Waals surface area (Å²) in [6.45, 7) is 1.35. The van der Waals surface area contributed by atoms with Gasteiger partial charge in [-0.05, 0) is 12.1 Å². The Labute approximate surface area is 96.9 Å². The molecule has 3 amide bonds. The number of carbonyl (C=O) groups is 3. The molecule has 2 heterocycles. The van der Waals surface area contributed by atoms with E-state index in [4.69, 9.17) is 0 Å². The van der Waals surface area contributed by atoms with Gasteiger partial charge in [-0.15, -0.1) is 0 Å². The molecule has 0 fully saturated rings. The highest BCUT2D eigenvalue weighted by atomic mass is 16.2. The van der Waals surface area contributed by atoms with Crippen LogP contribution in [0.3, 0.4) is 0 Å². The van der Waals surface area contributed by atoms with E-state index in [1.165, 1.54) is 25.1 Å². The summed E-state index contributed by atoms with van der Waals surface area (Å²) < 4.78 is 0. The number of anilines is 2. The van der Waals surface area contributed by atoms with Crippen molar-refractivity contribution in [2.45, 2.75) is 6.92 Å². The van der Waals surface area contributed by atoms with Crippen LogP contribution in [0.5, 0.6) is 0 Å². The average molecular weight is 231 g/mol. The molecule has 1 aromatic rings. The summed E-state index contributed by atoms with van der Waals surface area (Å²) in [6, 6.07) is 4.70. The SMILES string of the molecule is CC(=O)Nc1cccc(N2C(=O)C=CC2=O)n1. The maximum atomic E-state index is 11.4. The van der Waals surface area contributed by atoms with Crippen LogP contribution in [-0.4, -0.2) is 22.7 Å². The molecular formula is C11H9N3O3. The van der Waals surface area contributed by atoms with Gasteiger partial charge in [0, 0.05) is 19.1 Å². The van der Waals surface area contributed by atoms with Crippen LogP contribution in [0, 0.1) is 0 Å². The van der Waals surface area contributed by atoms with Crippen molar-refractivity contribution in [1.29, 1.82) is 0 Å². The van der Waals surface area contributed by atoms with Gasteiger partial charge in [-0.1, -0.05) is 6.07 Å². The van der Waals surface area contributed by atoms with Crippen LogP contribution in [0.15, 0.2) is 30.4 Å². The van der Waals surface area contributed by atoms with E-state index in [9.17, 15) is 14.4 Å². The lowest BCUT2D eigenvalue weighted by Crippen LogP contribution is -2.30. The molecule has 0 aromatic carbocycles. The smallest absolute Gasteiger partial charge is 0.259 e. The second-order valence-corrected chi connectivity index (χ2v) is 3.41. The second kappa shape index (κ2) is 4.17. The summed E-state index contributed by atoms with van der Waals surface area (Å²) in [5.41, 5.74) is 0. The molecule has 0 saturated carbocycles. The lowest BCUT2D eigenvalue weighted by Gasteiger charge is -2.13. The summed E-state index contributed by atoms with van der Waals surface area (Å²) in [4.78, 5) is 38.6. The maximum absolute atomic E-state index is 11.4. The number of amides is 3. The molecule has 0 saturated heterocycles. The highest BCUT2D eigenvalue weighted by Crippen LogP contribution is 2.18. The van der Waals surface area contributed by atoms with E-state index in [-0.39, 0.29) is 11.7 Å². The van der Waals surface area contributed by atoms with Crippen molar-refractivity contribution in [2.75, 3.05) is 10.2 Å². The second-order valence-electron chi connectivity index (χ2n) is 3.41. The summed E-state index contributed by atoms with van der Waals surface area (Å²) in [6.07, 6.45) is 2.35. The van der Waals surface area contributed by atoms with Gasteiger partial charge < -0.3 is 5.32 Å². The van der Waals surface area contributed by atoms with Gasteiger partial charge in [0.25, 0.3) is 11.8 Å². The summed E-state index contributed by atoms with van der Waals surface area (Å²) in [5, 5.41) is 2.48. The van der Waals surface area contributed by atoms with Crippen molar-refractivity contribution in [1.82, 2.24) is 4.98 Å². The fourth-order valence-electron chi connectivity index (χ4n) is 1.42. The predicted molar refractivity (Wildman–Crippen MR) is 60.2 cm³/mol. The van der Waals surface area contributed by atoms with E-state index in [2.05, 4.69) is 10.3 Å². The van der Waals surface area contributed by atoms with Crippen LogP contribution in [0.4, 0.5) is 11.6 Å². The number of imide groups is 1. The molecular weight excluding hydrogens is 222 g/mol. The van der Waals surface area contributed by atoms with Crippen LogP contribution >= 0.6 is 0 Å². The predicted octanol–water partition coefficient (Wildman–Crippen LogP) is 0.469. The third-order valence-corrected chi connectivity index (χ3v) is 2.08. The molecule has 0 atom stereocenters. The summed E-state index contributed by atoms with van der Waals surface area (Å²) in [7, 11) is 0. The molecule has 0 aliphatic carbocycles. The van der Waals surface area contributed by atoms with E-state index in [1.54, 1.807) is 12.1 Å². The molecule has 0 unspecified atom stereocenters. The molecule has 86 valence electrons. The third kappa shape index (κ3) is 2.20. The van der Waals surface area contributed by atoms with Gasteiger partial charge in [-0.3, -0.25) is 14.4 Å². The van der Waals surface area contributed by atoms with E-state index < -0.39 is 11.8 Å². The van der Waals surface area contributed by atoms with Crippen molar-refractivity contribution in [3.8, 4) is 0 Å². The number of hydrogen-bond acceptors (Lipinski definition) is 4. The van der Waals surface area contributed by atoms with Crippen LogP contribution < -0.4 is 10.2 Å². The van der Waals surface area contributed by atoms with Crippen LogP contribution in [-0.2, 0) is 14.4 Å². The van der Waals surface area contributed by atoms with Crippen molar-refractivity contribution in [2.24, 2.45) is 0 Å². The van der Waals surface area contributed by atoms with Crippen LogP contribution in [0.25, 0.3) is 0 Å². The largest absolute Gasteiger partial charge is 0.311 e. The van der Waals surface area contributed by atoms with E-state index in [1.807, 2.05) is 0 Å². The Balaban J connectivity index is 2.30. The minimum atomic E-state index is -0.442. The highest BCUT2D eigenvalue weighted by molar-refractivity contribution is 6.27. The highest BCUT2D eigenvalue weighted by Gasteiger charge is 2.26. The molecule has 1 aliphatic rings. The zero-order chi connectivity index (χ0) is 12.4. The number of pyridine rings is 1. The molecule has 6 heteroatoms. The first-order chi connectivity index (χ1) is 8.08. The summed E-state index contributed by atoms with van der Waals surface area (Å²) in [5.74, 6) is -0.671. The Hall–Kier alpha value is -2.50. The van der Waals surface area contributed by atoms with Gasteiger partial charge in [0.05, 0.1) is 0 Å². The molecule has 0 bridgehead atoms. The number of nitrogens with zero attached hydrogens (tertiary/aromatic N) is 2. The standard InChI is InChI=1S/C11H9N3O3/c1-7(15)12-8-3-2-4-9(13-8)14-10(16)5-6-11(14)17/h2-6H,1H3,(H,12,13,15). The fraction of sp³-hybridized carbons (Fsp3) is 0.0909. The maximum Gasteiger partial charge on any atom is 0.259 e. The van der Waals surface area contributed by atoms with Gasteiger partial charge >= 0.3 is 0 Å². The number of aromatic nitrogens is 1. The van der Waals surface area contributed by atoms with E-state index in [0.717, 1.165) is 4.90 Å². The quantitative estimate of drug-likeness (QED) is 0.750. The normalized spacial score (nSPS) is 14.3. The average Bonchev–Trinajstić information content (AvgIpc) is 2.58. The first-order valence-electron chi connectivity index (χ1n) is 4.89. The molecule has 1 N–H and O–H groups in total. The van der Waals surface area contributed by atoms with Crippen LogP contribution in [0.1, 0.15) is 6.92 Å². The van der Waals surface area contributed by atoms with Crippen molar-refractivity contribution in [3.05, 3.63) is 30.4 Å². The Morgan fingerprint density at radius 3 is 2.47 bits per heavy atom. The topological polar surface area (TPSA) is 79.4 Å². The van der Waals surface area contributed by atoms with Crippen molar-refractivity contribution in [3.63, 3.8) is 0 Å². The minimum Gasteiger partial charge on any atom is -0.311 e. The zero-order valence-corrected chi connectivity index (χ0v) is 9.01. The van der Waals surface area contributed by atoms with Gasteiger partial charge in [-0.25, -0.2) is 9.88 Å². The van der Waals surface area contributed by atoms with Gasteiger partial charge in [0.15, 0.2) is 0 Å². The fourth-order valence-corrected chi connectivity index (χ4v) is 1.42. The van der Waals surface area contributed by atoms with E-state index in [0.29, 0.717) is 5.82 Å². The molecule has 1 aliphatic heterocycles. The number of rotatable bonds is 2. The molecule has 0 spiro atoms. The van der Waals surface area contributed by atoms with Gasteiger partial charge in [0.2, 0.25) is 5.91 Å². The Morgan fingerprint density at radius 2 is 1.88 bits per heavy atom. The lowest BCUT2D eigenvalue weighted by atomic mass is 10.4. The monoisotopic (exact) mass is 231 g/mol. The minimum absolute atomic E-state index is 0.191. The number of nitrogens with one attached hydrogen (secondary N) is 1. The molecule has 0 radical (unpaired) electrons. The van der Waals surface area contributed by atoms with Gasteiger partial charge in [-0.2, -0.15) is 0 Å². The Morgan fingerprint density at radius 1 is 1.24 bits per heavy atom. The van der Waals surface area contributed by atoms with Gasteiger partial charge in [0.1, 0.15) is 11.6 Å².